The molecule has 4 aromatic rings. The van der Waals surface area contributed by atoms with Crippen LogP contribution < -0.4 is 5.32 Å². The summed E-state index contributed by atoms with van der Waals surface area (Å²) in [5, 5.41) is 10.9. The minimum atomic E-state index is -0.255. The third kappa shape index (κ3) is 2.90. The van der Waals surface area contributed by atoms with Gasteiger partial charge in [-0.05, 0) is 32.0 Å². The fraction of sp³-hybridized carbons (Fsp3) is 0.176. The SMILES string of the molecule is Cc1noc(C)c1CC(=O)Nc1nc2nccc(-c3ccccn3)n2n1. The Balaban J connectivity index is 1.61. The number of aromatic nitrogens is 6. The normalized spacial score (nSPS) is 11.0. The molecule has 0 spiro atoms. The van der Waals surface area contributed by atoms with E-state index in [0.29, 0.717) is 17.2 Å². The average molecular weight is 349 g/mol. The zero-order valence-electron chi connectivity index (χ0n) is 14.2. The monoisotopic (exact) mass is 349 g/mol. The van der Waals surface area contributed by atoms with Crippen LogP contribution >= 0.6 is 0 Å². The van der Waals surface area contributed by atoms with Crippen molar-refractivity contribution in [3.8, 4) is 11.4 Å². The van der Waals surface area contributed by atoms with Crippen molar-refractivity contribution in [2.24, 2.45) is 0 Å². The predicted molar refractivity (Wildman–Crippen MR) is 92.3 cm³/mol. The lowest BCUT2D eigenvalue weighted by atomic mass is 10.1. The van der Waals surface area contributed by atoms with E-state index in [2.05, 4.69) is 30.5 Å². The maximum Gasteiger partial charge on any atom is 0.254 e. The molecule has 0 atom stereocenters. The van der Waals surface area contributed by atoms with Crippen LogP contribution in [0.3, 0.4) is 0 Å². The number of nitrogens with one attached hydrogen (secondary N) is 1. The molecule has 0 aliphatic carbocycles. The molecule has 9 nitrogen and oxygen atoms in total. The Kier molecular flexibility index (Phi) is 3.88. The lowest BCUT2D eigenvalue weighted by Gasteiger charge is -2.02. The highest BCUT2D eigenvalue weighted by Gasteiger charge is 2.16. The molecule has 26 heavy (non-hydrogen) atoms. The number of amides is 1. The summed E-state index contributed by atoms with van der Waals surface area (Å²) >= 11 is 0. The van der Waals surface area contributed by atoms with Gasteiger partial charge in [0.05, 0.1) is 23.5 Å². The van der Waals surface area contributed by atoms with Crippen molar-refractivity contribution in [2.75, 3.05) is 5.32 Å². The summed E-state index contributed by atoms with van der Waals surface area (Å²) in [5.41, 5.74) is 2.92. The van der Waals surface area contributed by atoms with Crippen LogP contribution in [0.25, 0.3) is 17.2 Å². The molecule has 0 aliphatic heterocycles. The number of hydrogen-bond acceptors (Lipinski definition) is 7. The largest absolute Gasteiger partial charge is 0.361 e. The van der Waals surface area contributed by atoms with Crippen LogP contribution in [0.4, 0.5) is 5.95 Å². The molecule has 0 saturated carbocycles. The number of rotatable bonds is 4. The van der Waals surface area contributed by atoms with Gasteiger partial charge in [0, 0.05) is 18.0 Å². The predicted octanol–water partition coefficient (Wildman–Crippen LogP) is 1.97. The Labute approximate surface area is 148 Å². The molecule has 0 unspecified atom stereocenters. The van der Waals surface area contributed by atoms with Crippen molar-refractivity contribution in [3.05, 3.63) is 53.7 Å². The molecular formula is C17H15N7O2. The number of anilines is 1. The van der Waals surface area contributed by atoms with Gasteiger partial charge in [0.1, 0.15) is 5.76 Å². The highest BCUT2D eigenvalue weighted by atomic mass is 16.5. The zero-order chi connectivity index (χ0) is 18.1. The Hall–Kier alpha value is -3.62. The van der Waals surface area contributed by atoms with Crippen molar-refractivity contribution in [3.63, 3.8) is 0 Å². The van der Waals surface area contributed by atoms with E-state index in [-0.39, 0.29) is 18.3 Å². The van der Waals surface area contributed by atoms with Gasteiger partial charge in [-0.2, -0.15) is 9.50 Å². The molecule has 0 aliphatic rings. The van der Waals surface area contributed by atoms with Crippen LogP contribution in [0.5, 0.6) is 0 Å². The first-order valence-electron chi connectivity index (χ1n) is 7.96. The third-order valence-corrected chi connectivity index (χ3v) is 3.94. The van der Waals surface area contributed by atoms with E-state index in [1.54, 1.807) is 36.8 Å². The van der Waals surface area contributed by atoms with Crippen molar-refractivity contribution >= 4 is 17.6 Å². The van der Waals surface area contributed by atoms with Crippen LogP contribution in [-0.4, -0.2) is 35.6 Å². The van der Waals surface area contributed by atoms with E-state index in [1.165, 1.54) is 0 Å². The molecule has 1 N–H and O–H groups in total. The van der Waals surface area contributed by atoms with E-state index >= 15 is 0 Å². The van der Waals surface area contributed by atoms with Gasteiger partial charge in [-0.15, -0.1) is 5.10 Å². The molecule has 0 fully saturated rings. The van der Waals surface area contributed by atoms with E-state index in [9.17, 15) is 4.79 Å². The van der Waals surface area contributed by atoms with Gasteiger partial charge in [-0.3, -0.25) is 15.1 Å². The van der Waals surface area contributed by atoms with Gasteiger partial charge in [0.2, 0.25) is 5.91 Å². The topological polar surface area (TPSA) is 111 Å². The summed E-state index contributed by atoms with van der Waals surface area (Å²) in [6.07, 6.45) is 3.46. The van der Waals surface area contributed by atoms with Crippen LogP contribution in [0.1, 0.15) is 17.0 Å². The average Bonchev–Trinajstić information content (AvgIpc) is 3.19. The zero-order valence-corrected chi connectivity index (χ0v) is 14.2. The van der Waals surface area contributed by atoms with Crippen LogP contribution in [-0.2, 0) is 11.2 Å². The minimum absolute atomic E-state index is 0.136. The van der Waals surface area contributed by atoms with Gasteiger partial charge in [-0.25, -0.2) is 4.98 Å². The van der Waals surface area contributed by atoms with Crippen LogP contribution in [0, 0.1) is 13.8 Å². The molecule has 130 valence electrons. The lowest BCUT2D eigenvalue weighted by Crippen LogP contribution is -2.16. The number of carbonyl (C=O) groups is 1. The lowest BCUT2D eigenvalue weighted by molar-refractivity contribution is -0.115. The van der Waals surface area contributed by atoms with Gasteiger partial charge < -0.3 is 4.52 Å². The van der Waals surface area contributed by atoms with Crippen molar-refractivity contribution in [1.29, 1.82) is 0 Å². The summed E-state index contributed by atoms with van der Waals surface area (Å²) in [7, 11) is 0. The molecule has 0 radical (unpaired) electrons. The second kappa shape index (κ2) is 6.36. The first-order valence-corrected chi connectivity index (χ1v) is 7.96. The van der Waals surface area contributed by atoms with Gasteiger partial charge >= 0.3 is 0 Å². The standard InChI is InChI=1S/C17H15N7O2/c1-10-12(11(2)26-23-10)9-15(25)20-16-21-17-19-8-6-14(24(17)22-16)13-5-3-4-7-18-13/h3-8H,9H2,1-2H3,(H,20,22,25). The molecule has 4 rings (SSSR count). The summed E-state index contributed by atoms with van der Waals surface area (Å²) < 4.78 is 6.63. The smallest absolute Gasteiger partial charge is 0.254 e. The number of hydrogen-bond donors (Lipinski definition) is 1. The molecule has 0 saturated heterocycles. The minimum Gasteiger partial charge on any atom is -0.361 e. The van der Waals surface area contributed by atoms with E-state index in [1.807, 2.05) is 18.2 Å². The Morgan fingerprint density at radius 1 is 1.19 bits per heavy atom. The molecular weight excluding hydrogens is 334 g/mol. The van der Waals surface area contributed by atoms with Gasteiger partial charge in [0.15, 0.2) is 0 Å². The van der Waals surface area contributed by atoms with Crippen LogP contribution in [0.2, 0.25) is 0 Å². The fourth-order valence-corrected chi connectivity index (χ4v) is 2.64. The molecule has 4 aromatic heterocycles. The molecule has 0 aromatic carbocycles. The summed E-state index contributed by atoms with van der Waals surface area (Å²) in [6.45, 7) is 3.57. The van der Waals surface area contributed by atoms with Crippen molar-refractivity contribution in [2.45, 2.75) is 20.3 Å². The second-order valence-electron chi connectivity index (χ2n) is 5.72. The maximum absolute atomic E-state index is 12.3. The first-order chi connectivity index (χ1) is 12.6. The van der Waals surface area contributed by atoms with Gasteiger partial charge in [0.25, 0.3) is 11.7 Å². The highest BCUT2D eigenvalue weighted by molar-refractivity contribution is 5.91. The maximum atomic E-state index is 12.3. The quantitative estimate of drug-likeness (QED) is 0.599. The number of carbonyl (C=O) groups excluding carboxylic acids is 1. The van der Waals surface area contributed by atoms with Gasteiger partial charge in [-0.1, -0.05) is 11.2 Å². The molecule has 1 amide bonds. The molecule has 0 bridgehead atoms. The van der Waals surface area contributed by atoms with E-state index in [4.69, 9.17) is 4.52 Å². The molecule has 9 heteroatoms. The Morgan fingerprint density at radius 2 is 2.08 bits per heavy atom. The third-order valence-electron chi connectivity index (χ3n) is 3.94. The highest BCUT2D eigenvalue weighted by Crippen LogP contribution is 2.17. The van der Waals surface area contributed by atoms with Crippen molar-refractivity contribution in [1.82, 2.24) is 29.7 Å². The first kappa shape index (κ1) is 15.9. The van der Waals surface area contributed by atoms with E-state index in [0.717, 1.165) is 17.0 Å². The van der Waals surface area contributed by atoms with E-state index < -0.39 is 0 Å². The number of pyridine rings is 1. The van der Waals surface area contributed by atoms with Crippen LogP contribution in [0.15, 0.2) is 41.2 Å². The number of nitrogens with zero attached hydrogens (tertiary/aromatic N) is 6. The summed E-state index contributed by atoms with van der Waals surface area (Å²) in [6, 6.07) is 7.38. The molecule has 4 heterocycles. The fourth-order valence-electron chi connectivity index (χ4n) is 2.64. The summed E-state index contributed by atoms with van der Waals surface area (Å²) in [5.74, 6) is 0.924. The number of aryl methyl sites for hydroxylation is 2. The second-order valence-corrected chi connectivity index (χ2v) is 5.72. The van der Waals surface area contributed by atoms with Crippen molar-refractivity contribution < 1.29 is 9.32 Å². The Bertz CT molecular complexity index is 1070. The number of fused-ring (bicyclic) bond motifs is 1. The Morgan fingerprint density at radius 3 is 2.81 bits per heavy atom. The summed E-state index contributed by atoms with van der Waals surface area (Å²) in [4.78, 5) is 25.1.